The van der Waals surface area contributed by atoms with Crippen LogP contribution >= 0.6 is 11.6 Å². The molecule has 1 fully saturated rings. The first-order valence-electron chi connectivity index (χ1n) is 6.51. The van der Waals surface area contributed by atoms with Crippen molar-refractivity contribution in [2.45, 2.75) is 26.4 Å². The molecule has 0 atom stereocenters. The molecule has 0 saturated carbocycles. The Balaban J connectivity index is 2.15. The molecule has 3 heterocycles. The van der Waals surface area contributed by atoms with E-state index in [1.165, 1.54) is 6.42 Å². The highest BCUT2D eigenvalue weighted by atomic mass is 35.5. The van der Waals surface area contributed by atoms with E-state index in [2.05, 4.69) is 14.9 Å². The summed E-state index contributed by atoms with van der Waals surface area (Å²) >= 11 is 6.01. The van der Waals surface area contributed by atoms with Gasteiger partial charge in [-0.25, -0.2) is 9.97 Å². The van der Waals surface area contributed by atoms with E-state index in [0.29, 0.717) is 5.15 Å². The number of halogens is 1. The third-order valence-corrected chi connectivity index (χ3v) is 3.41. The highest BCUT2D eigenvalue weighted by molar-refractivity contribution is 6.30. The van der Waals surface area contributed by atoms with Crippen LogP contribution in [0.5, 0.6) is 5.75 Å². The summed E-state index contributed by atoms with van der Waals surface area (Å²) in [5, 5.41) is 2.45. The molecular weight excluding hydrogens is 262 g/mol. The minimum absolute atomic E-state index is 0.104. The van der Waals surface area contributed by atoms with E-state index in [-0.39, 0.29) is 6.10 Å². The van der Waals surface area contributed by atoms with Gasteiger partial charge in [-0.15, -0.1) is 0 Å². The van der Waals surface area contributed by atoms with Gasteiger partial charge in [0.05, 0.1) is 12.3 Å². The Morgan fingerprint density at radius 2 is 2.00 bits per heavy atom. The molecule has 1 saturated heterocycles. The van der Waals surface area contributed by atoms with Crippen LogP contribution in [0.4, 0.5) is 5.82 Å². The van der Waals surface area contributed by atoms with Crippen molar-refractivity contribution in [1.29, 1.82) is 0 Å². The first-order chi connectivity index (χ1) is 9.15. The first kappa shape index (κ1) is 12.5. The van der Waals surface area contributed by atoms with Gasteiger partial charge in [-0.3, -0.25) is 0 Å². The zero-order valence-electron chi connectivity index (χ0n) is 11.1. The molecule has 2 aromatic rings. The number of hydrogen-bond donors (Lipinski definition) is 0. The van der Waals surface area contributed by atoms with E-state index in [9.17, 15) is 0 Å². The summed E-state index contributed by atoms with van der Waals surface area (Å²) in [4.78, 5) is 10.9. The number of hydrogen-bond acceptors (Lipinski definition) is 4. The molecule has 2 aromatic heterocycles. The zero-order chi connectivity index (χ0) is 13.4. The monoisotopic (exact) mass is 277 g/mol. The van der Waals surface area contributed by atoms with Crippen molar-refractivity contribution in [2.75, 3.05) is 18.0 Å². The number of fused-ring (bicyclic) bond motifs is 1. The molecule has 0 bridgehead atoms. The molecule has 5 heteroatoms. The lowest BCUT2D eigenvalue weighted by Gasteiger charge is -2.33. The molecule has 0 N–H and O–H groups in total. The molecule has 0 amide bonds. The molecule has 0 aliphatic carbocycles. The second-order valence-corrected chi connectivity index (χ2v) is 5.39. The fourth-order valence-corrected chi connectivity index (χ4v) is 2.36. The summed E-state index contributed by atoms with van der Waals surface area (Å²) in [6.45, 7) is 6.10. The van der Waals surface area contributed by atoms with Gasteiger partial charge in [0, 0.05) is 30.1 Å². The summed E-state index contributed by atoms with van der Waals surface area (Å²) in [5.41, 5.74) is 0. The Hall–Kier alpha value is -1.55. The lowest BCUT2D eigenvalue weighted by molar-refractivity contribution is 0.244. The van der Waals surface area contributed by atoms with Gasteiger partial charge < -0.3 is 9.64 Å². The van der Waals surface area contributed by atoms with Crippen LogP contribution < -0.4 is 9.64 Å². The number of rotatable bonds is 3. The van der Waals surface area contributed by atoms with Crippen LogP contribution in [-0.2, 0) is 0 Å². The quantitative estimate of drug-likeness (QED) is 0.807. The molecule has 4 nitrogen and oxygen atoms in total. The van der Waals surface area contributed by atoms with Crippen LogP contribution in [0.2, 0.25) is 5.15 Å². The van der Waals surface area contributed by atoms with Gasteiger partial charge in [-0.1, -0.05) is 11.6 Å². The van der Waals surface area contributed by atoms with E-state index in [4.69, 9.17) is 16.3 Å². The van der Waals surface area contributed by atoms with Gasteiger partial charge in [0.25, 0.3) is 0 Å². The van der Waals surface area contributed by atoms with E-state index in [0.717, 1.165) is 35.4 Å². The van der Waals surface area contributed by atoms with E-state index in [1.54, 1.807) is 12.4 Å². The summed E-state index contributed by atoms with van der Waals surface area (Å²) in [7, 11) is 0. The number of anilines is 1. The van der Waals surface area contributed by atoms with E-state index >= 15 is 0 Å². The second kappa shape index (κ2) is 4.85. The standard InChI is InChI=1S/C14H16ClN3O/c1-9(2)19-12-8-17-14(18-4-3-5-18)11-7-16-13(15)6-10(11)12/h6-9H,3-5H2,1-2H3. The average molecular weight is 278 g/mol. The van der Waals surface area contributed by atoms with Crippen LogP contribution in [0.1, 0.15) is 20.3 Å². The Morgan fingerprint density at radius 1 is 1.21 bits per heavy atom. The summed E-state index contributed by atoms with van der Waals surface area (Å²) in [5.74, 6) is 1.74. The van der Waals surface area contributed by atoms with Crippen LogP contribution in [-0.4, -0.2) is 29.2 Å². The maximum atomic E-state index is 6.01. The number of ether oxygens (including phenoxy) is 1. The zero-order valence-corrected chi connectivity index (χ0v) is 11.8. The number of nitrogens with zero attached hydrogens (tertiary/aromatic N) is 3. The smallest absolute Gasteiger partial charge is 0.146 e. The normalized spacial score (nSPS) is 14.8. The maximum absolute atomic E-state index is 6.01. The maximum Gasteiger partial charge on any atom is 0.146 e. The Bertz CT molecular complexity index is 611. The fraction of sp³-hybridized carbons (Fsp3) is 0.429. The molecule has 0 unspecified atom stereocenters. The van der Waals surface area contributed by atoms with Crippen LogP contribution in [0.3, 0.4) is 0 Å². The minimum atomic E-state index is 0.104. The lowest BCUT2D eigenvalue weighted by atomic mass is 10.1. The Morgan fingerprint density at radius 3 is 2.63 bits per heavy atom. The molecule has 0 radical (unpaired) electrons. The summed E-state index contributed by atoms with van der Waals surface area (Å²) < 4.78 is 5.80. The fourth-order valence-electron chi connectivity index (χ4n) is 2.20. The molecule has 19 heavy (non-hydrogen) atoms. The highest BCUT2D eigenvalue weighted by Gasteiger charge is 2.20. The molecule has 1 aliphatic rings. The molecule has 3 rings (SSSR count). The molecule has 0 aromatic carbocycles. The largest absolute Gasteiger partial charge is 0.489 e. The highest BCUT2D eigenvalue weighted by Crippen LogP contribution is 2.34. The van der Waals surface area contributed by atoms with Crippen LogP contribution in [0, 0.1) is 0 Å². The van der Waals surface area contributed by atoms with Crippen LogP contribution in [0.25, 0.3) is 10.8 Å². The average Bonchev–Trinajstić information content (AvgIpc) is 2.29. The minimum Gasteiger partial charge on any atom is -0.489 e. The van der Waals surface area contributed by atoms with Crippen molar-refractivity contribution in [1.82, 2.24) is 9.97 Å². The molecule has 0 spiro atoms. The SMILES string of the molecule is CC(C)Oc1cnc(N2CCC2)c2cnc(Cl)cc12. The second-order valence-electron chi connectivity index (χ2n) is 5.01. The topological polar surface area (TPSA) is 38.2 Å². The van der Waals surface area contributed by atoms with Crippen molar-refractivity contribution in [3.8, 4) is 5.75 Å². The van der Waals surface area contributed by atoms with Crippen molar-refractivity contribution in [2.24, 2.45) is 0 Å². The third kappa shape index (κ3) is 2.32. The summed E-state index contributed by atoms with van der Waals surface area (Å²) in [6.07, 6.45) is 4.89. The first-order valence-corrected chi connectivity index (χ1v) is 6.89. The van der Waals surface area contributed by atoms with Crippen molar-refractivity contribution >= 4 is 28.2 Å². The summed E-state index contributed by atoms with van der Waals surface area (Å²) in [6, 6.07) is 1.85. The molecular formula is C14H16ClN3O. The van der Waals surface area contributed by atoms with Crippen molar-refractivity contribution < 1.29 is 4.74 Å². The lowest BCUT2D eigenvalue weighted by Crippen LogP contribution is -2.37. The molecule has 100 valence electrons. The van der Waals surface area contributed by atoms with E-state index in [1.807, 2.05) is 19.9 Å². The predicted molar refractivity (Wildman–Crippen MR) is 77.1 cm³/mol. The molecule has 1 aliphatic heterocycles. The van der Waals surface area contributed by atoms with Gasteiger partial charge in [0.2, 0.25) is 0 Å². The van der Waals surface area contributed by atoms with Crippen molar-refractivity contribution in [3.63, 3.8) is 0 Å². The number of pyridine rings is 2. The predicted octanol–water partition coefficient (Wildman–Crippen LogP) is 3.28. The van der Waals surface area contributed by atoms with Gasteiger partial charge in [-0.2, -0.15) is 0 Å². The van der Waals surface area contributed by atoms with Crippen molar-refractivity contribution in [3.05, 3.63) is 23.6 Å². The number of aromatic nitrogens is 2. The Kier molecular flexibility index (Phi) is 3.19. The van der Waals surface area contributed by atoms with Gasteiger partial charge in [0.1, 0.15) is 16.7 Å². The van der Waals surface area contributed by atoms with E-state index < -0.39 is 0 Å². The van der Waals surface area contributed by atoms with Gasteiger partial charge in [-0.05, 0) is 26.3 Å². The van der Waals surface area contributed by atoms with Gasteiger partial charge in [0.15, 0.2) is 0 Å². The Labute approximate surface area is 117 Å². The third-order valence-electron chi connectivity index (χ3n) is 3.20. The van der Waals surface area contributed by atoms with Gasteiger partial charge >= 0.3 is 0 Å². The van der Waals surface area contributed by atoms with Crippen LogP contribution in [0.15, 0.2) is 18.5 Å².